The summed E-state index contributed by atoms with van der Waals surface area (Å²) in [7, 11) is 0. The summed E-state index contributed by atoms with van der Waals surface area (Å²) in [5.41, 5.74) is 1.16. The largest absolute Gasteiger partial charge is 0.373 e. The van der Waals surface area contributed by atoms with Crippen molar-refractivity contribution in [2.75, 3.05) is 0 Å². The first kappa shape index (κ1) is 8.70. The maximum atomic E-state index is 12.4. The van der Waals surface area contributed by atoms with Crippen LogP contribution in [-0.4, -0.2) is 12.3 Å². The summed E-state index contributed by atoms with van der Waals surface area (Å²) < 4.78 is 17.9. The van der Waals surface area contributed by atoms with Crippen LogP contribution in [-0.2, 0) is 11.3 Å². The van der Waals surface area contributed by atoms with Gasteiger partial charge < -0.3 is 4.74 Å². The van der Waals surface area contributed by atoms with Crippen LogP contribution >= 0.6 is 0 Å². The van der Waals surface area contributed by atoms with Crippen molar-refractivity contribution in [2.24, 2.45) is 0 Å². The van der Waals surface area contributed by atoms with Gasteiger partial charge in [0, 0.05) is 12.8 Å². The fourth-order valence-corrected chi connectivity index (χ4v) is 1.43. The Hall–Kier alpha value is -0.890. The lowest BCUT2D eigenvalue weighted by Crippen LogP contribution is -2.32. The van der Waals surface area contributed by atoms with Crippen molar-refractivity contribution in [1.82, 2.24) is 0 Å². The number of hydrogen-bond acceptors (Lipinski definition) is 1. The molecule has 1 saturated carbocycles. The van der Waals surface area contributed by atoms with E-state index in [1.165, 1.54) is 0 Å². The first-order valence-electron chi connectivity index (χ1n) is 4.64. The van der Waals surface area contributed by atoms with Crippen LogP contribution in [0.3, 0.4) is 0 Å². The first-order chi connectivity index (χ1) is 6.34. The average Bonchev–Trinajstić information content (AvgIpc) is 2.12. The zero-order valence-electron chi connectivity index (χ0n) is 7.45. The summed E-state index contributed by atoms with van der Waals surface area (Å²) in [4.78, 5) is 0. The third kappa shape index (κ3) is 2.28. The standard InChI is InChI=1S/C11H13FO/c12-10-6-11(7-10)13-8-9-4-2-1-3-5-9/h1-5,10-11H,6-8H2/t10-,11-. The van der Waals surface area contributed by atoms with Gasteiger partial charge in [0.15, 0.2) is 0 Å². The molecule has 0 aliphatic heterocycles. The second-order valence-corrected chi connectivity index (χ2v) is 3.49. The van der Waals surface area contributed by atoms with Crippen molar-refractivity contribution in [1.29, 1.82) is 0 Å². The van der Waals surface area contributed by atoms with Gasteiger partial charge in [-0.1, -0.05) is 30.3 Å². The Balaban J connectivity index is 1.74. The summed E-state index contributed by atoms with van der Waals surface area (Å²) in [5, 5.41) is 0. The number of hydrogen-bond donors (Lipinski definition) is 0. The molecule has 0 heterocycles. The zero-order valence-corrected chi connectivity index (χ0v) is 7.45. The van der Waals surface area contributed by atoms with Crippen LogP contribution in [0, 0.1) is 0 Å². The van der Waals surface area contributed by atoms with E-state index in [0.717, 1.165) is 5.56 Å². The third-order valence-electron chi connectivity index (χ3n) is 2.37. The topological polar surface area (TPSA) is 9.23 Å². The Kier molecular flexibility index (Phi) is 2.60. The molecule has 1 aromatic rings. The summed E-state index contributed by atoms with van der Waals surface area (Å²) in [6, 6.07) is 9.98. The molecular formula is C11H13FO. The molecule has 0 radical (unpaired) electrons. The van der Waals surface area contributed by atoms with Crippen LogP contribution in [0.4, 0.5) is 4.39 Å². The Bertz CT molecular complexity index is 254. The highest BCUT2D eigenvalue weighted by Crippen LogP contribution is 2.26. The molecule has 70 valence electrons. The first-order valence-corrected chi connectivity index (χ1v) is 4.64. The van der Waals surface area contributed by atoms with Gasteiger partial charge in [-0.2, -0.15) is 0 Å². The number of rotatable bonds is 3. The number of alkyl halides is 1. The quantitative estimate of drug-likeness (QED) is 0.695. The molecule has 2 rings (SSSR count). The molecule has 0 atom stereocenters. The molecule has 0 bridgehead atoms. The predicted molar refractivity (Wildman–Crippen MR) is 49.1 cm³/mol. The molecule has 1 aliphatic rings. The molecule has 13 heavy (non-hydrogen) atoms. The van der Waals surface area contributed by atoms with Crippen molar-refractivity contribution in [3.8, 4) is 0 Å². The Morgan fingerprint density at radius 2 is 1.92 bits per heavy atom. The van der Waals surface area contributed by atoms with Crippen LogP contribution in [0.2, 0.25) is 0 Å². The number of ether oxygens (including phenoxy) is 1. The lowest BCUT2D eigenvalue weighted by molar-refractivity contribution is -0.0496. The molecule has 0 unspecified atom stereocenters. The van der Waals surface area contributed by atoms with Gasteiger partial charge in [0.25, 0.3) is 0 Å². The van der Waals surface area contributed by atoms with Crippen LogP contribution < -0.4 is 0 Å². The second-order valence-electron chi connectivity index (χ2n) is 3.49. The highest BCUT2D eigenvalue weighted by Gasteiger charge is 2.29. The van der Waals surface area contributed by atoms with E-state index in [9.17, 15) is 4.39 Å². The molecule has 0 amide bonds. The minimum absolute atomic E-state index is 0.148. The molecule has 0 aromatic heterocycles. The maximum Gasteiger partial charge on any atom is 0.105 e. The summed E-state index contributed by atoms with van der Waals surface area (Å²) in [5.74, 6) is 0. The van der Waals surface area contributed by atoms with E-state index in [-0.39, 0.29) is 6.10 Å². The van der Waals surface area contributed by atoms with Crippen molar-refractivity contribution < 1.29 is 9.13 Å². The van der Waals surface area contributed by atoms with E-state index in [4.69, 9.17) is 4.74 Å². The summed E-state index contributed by atoms with van der Waals surface area (Å²) in [6.07, 6.45) is 0.677. The molecule has 1 nitrogen and oxygen atoms in total. The van der Waals surface area contributed by atoms with Gasteiger partial charge >= 0.3 is 0 Å². The summed E-state index contributed by atoms with van der Waals surface area (Å²) >= 11 is 0. The van der Waals surface area contributed by atoms with E-state index in [2.05, 4.69) is 0 Å². The van der Waals surface area contributed by atoms with E-state index in [0.29, 0.717) is 19.4 Å². The highest BCUT2D eigenvalue weighted by atomic mass is 19.1. The number of halogens is 1. The molecule has 1 aromatic carbocycles. The Labute approximate surface area is 77.5 Å². The molecule has 0 saturated heterocycles. The second kappa shape index (κ2) is 3.88. The molecule has 0 spiro atoms. The average molecular weight is 180 g/mol. The van der Waals surface area contributed by atoms with Gasteiger partial charge in [0.05, 0.1) is 12.7 Å². The fourth-order valence-electron chi connectivity index (χ4n) is 1.43. The summed E-state index contributed by atoms with van der Waals surface area (Å²) in [6.45, 7) is 0.609. The predicted octanol–water partition coefficient (Wildman–Crippen LogP) is 2.70. The molecule has 1 aliphatic carbocycles. The van der Waals surface area contributed by atoms with Crippen LogP contribution in [0.5, 0.6) is 0 Å². The van der Waals surface area contributed by atoms with Crippen molar-refractivity contribution in [3.05, 3.63) is 35.9 Å². The van der Waals surface area contributed by atoms with Crippen molar-refractivity contribution >= 4 is 0 Å². The highest BCUT2D eigenvalue weighted by molar-refractivity contribution is 5.13. The van der Waals surface area contributed by atoms with Gasteiger partial charge in [0.2, 0.25) is 0 Å². The SMILES string of the molecule is F[C@H]1C[C@H](OCc2ccccc2)C1. The van der Waals surface area contributed by atoms with Gasteiger partial charge in [0.1, 0.15) is 6.17 Å². The molecular weight excluding hydrogens is 167 g/mol. The van der Waals surface area contributed by atoms with Crippen LogP contribution in [0.1, 0.15) is 18.4 Å². The monoisotopic (exact) mass is 180 g/mol. The Morgan fingerprint density at radius 1 is 1.23 bits per heavy atom. The van der Waals surface area contributed by atoms with Crippen molar-refractivity contribution in [3.63, 3.8) is 0 Å². The lowest BCUT2D eigenvalue weighted by Gasteiger charge is -2.29. The van der Waals surface area contributed by atoms with E-state index >= 15 is 0 Å². The molecule has 0 N–H and O–H groups in total. The van der Waals surface area contributed by atoms with E-state index in [1.807, 2.05) is 30.3 Å². The third-order valence-corrected chi connectivity index (χ3v) is 2.37. The molecule has 2 heteroatoms. The zero-order chi connectivity index (χ0) is 9.10. The van der Waals surface area contributed by atoms with Crippen LogP contribution in [0.25, 0.3) is 0 Å². The smallest absolute Gasteiger partial charge is 0.105 e. The maximum absolute atomic E-state index is 12.4. The van der Waals surface area contributed by atoms with Gasteiger partial charge in [-0.3, -0.25) is 0 Å². The molecule has 1 fully saturated rings. The Morgan fingerprint density at radius 3 is 2.54 bits per heavy atom. The van der Waals surface area contributed by atoms with Gasteiger partial charge in [-0.05, 0) is 5.56 Å². The van der Waals surface area contributed by atoms with Gasteiger partial charge in [-0.15, -0.1) is 0 Å². The van der Waals surface area contributed by atoms with Crippen molar-refractivity contribution in [2.45, 2.75) is 31.7 Å². The fraction of sp³-hybridized carbons (Fsp3) is 0.455. The minimum atomic E-state index is -0.624. The normalized spacial score (nSPS) is 26.8. The lowest BCUT2D eigenvalue weighted by atomic mass is 9.94. The van der Waals surface area contributed by atoms with Crippen LogP contribution in [0.15, 0.2) is 30.3 Å². The number of benzene rings is 1. The van der Waals surface area contributed by atoms with E-state index in [1.54, 1.807) is 0 Å². The van der Waals surface area contributed by atoms with Gasteiger partial charge in [-0.25, -0.2) is 4.39 Å². The van der Waals surface area contributed by atoms with E-state index < -0.39 is 6.17 Å². The minimum Gasteiger partial charge on any atom is -0.373 e.